The minimum atomic E-state index is -0.418. The molecule has 4 heteroatoms. The summed E-state index contributed by atoms with van der Waals surface area (Å²) >= 11 is 0. The van der Waals surface area contributed by atoms with Gasteiger partial charge >= 0.3 is 5.97 Å². The summed E-state index contributed by atoms with van der Waals surface area (Å²) in [5.41, 5.74) is 0. The number of carbonyl (C=O) groups excluding carboxylic acids is 1. The molecule has 0 aliphatic carbocycles. The van der Waals surface area contributed by atoms with Crippen LogP contribution in [0.3, 0.4) is 0 Å². The Morgan fingerprint density at radius 3 is 2.73 bits per heavy atom. The summed E-state index contributed by atoms with van der Waals surface area (Å²) in [6.45, 7) is 3.61. The van der Waals surface area contributed by atoms with Gasteiger partial charge in [-0.3, -0.25) is 4.79 Å². The van der Waals surface area contributed by atoms with Crippen molar-refractivity contribution < 1.29 is 19.7 Å². The SMILES string of the molecule is CCC(C)C(=O)Oc1cc(O)ccc1O. The van der Waals surface area contributed by atoms with Gasteiger partial charge in [0.25, 0.3) is 0 Å². The summed E-state index contributed by atoms with van der Waals surface area (Å²) in [6.07, 6.45) is 0.665. The molecule has 0 aliphatic heterocycles. The van der Waals surface area contributed by atoms with Crippen LogP contribution in [0.15, 0.2) is 18.2 Å². The molecule has 15 heavy (non-hydrogen) atoms. The molecular weight excluding hydrogens is 196 g/mol. The molecule has 0 fully saturated rings. The first-order valence-corrected chi connectivity index (χ1v) is 4.78. The van der Waals surface area contributed by atoms with Gasteiger partial charge in [0, 0.05) is 6.07 Å². The van der Waals surface area contributed by atoms with Crippen LogP contribution in [-0.4, -0.2) is 16.2 Å². The van der Waals surface area contributed by atoms with E-state index in [-0.39, 0.29) is 23.2 Å². The summed E-state index contributed by atoms with van der Waals surface area (Å²) in [5, 5.41) is 18.5. The number of benzene rings is 1. The smallest absolute Gasteiger partial charge is 0.314 e. The molecule has 0 aromatic heterocycles. The molecule has 82 valence electrons. The average Bonchev–Trinajstić information content (AvgIpc) is 2.22. The van der Waals surface area contributed by atoms with Crippen molar-refractivity contribution in [2.75, 3.05) is 0 Å². The average molecular weight is 210 g/mol. The number of aromatic hydroxyl groups is 2. The highest BCUT2D eigenvalue weighted by atomic mass is 16.5. The van der Waals surface area contributed by atoms with Gasteiger partial charge in [0.2, 0.25) is 0 Å². The summed E-state index contributed by atoms with van der Waals surface area (Å²) < 4.78 is 4.93. The van der Waals surface area contributed by atoms with Crippen LogP contribution in [0.1, 0.15) is 20.3 Å². The molecule has 1 rings (SSSR count). The number of esters is 1. The van der Waals surface area contributed by atoms with Crippen LogP contribution in [-0.2, 0) is 4.79 Å². The number of hydrogen-bond acceptors (Lipinski definition) is 4. The number of carbonyl (C=O) groups is 1. The van der Waals surface area contributed by atoms with Crippen molar-refractivity contribution in [2.45, 2.75) is 20.3 Å². The maximum atomic E-state index is 11.4. The molecule has 1 unspecified atom stereocenters. The number of phenols is 2. The Kier molecular flexibility index (Phi) is 3.55. The Hall–Kier alpha value is -1.71. The number of ether oxygens (including phenoxy) is 1. The topological polar surface area (TPSA) is 66.8 Å². The second kappa shape index (κ2) is 4.68. The molecule has 0 spiro atoms. The second-order valence-electron chi connectivity index (χ2n) is 3.38. The summed E-state index contributed by atoms with van der Waals surface area (Å²) in [7, 11) is 0. The third kappa shape index (κ3) is 2.87. The Balaban J connectivity index is 2.80. The molecule has 1 aromatic rings. The standard InChI is InChI=1S/C11H14O4/c1-3-7(2)11(14)15-10-6-8(12)4-5-9(10)13/h4-7,12-13H,3H2,1-2H3. The van der Waals surface area contributed by atoms with Gasteiger partial charge in [-0.25, -0.2) is 0 Å². The molecule has 4 nitrogen and oxygen atoms in total. The molecule has 1 aromatic carbocycles. The Labute approximate surface area is 88.1 Å². The summed E-state index contributed by atoms with van der Waals surface area (Å²) in [6, 6.07) is 3.79. The molecule has 0 radical (unpaired) electrons. The highest BCUT2D eigenvalue weighted by Crippen LogP contribution is 2.30. The maximum Gasteiger partial charge on any atom is 0.314 e. The number of rotatable bonds is 3. The van der Waals surface area contributed by atoms with Gasteiger partial charge in [0.1, 0.15) is 5.75 Å². The van der Waals surface area contributed by atoms with E-state index in [1.807, 2.05) is 6.92 Å². The second-order valence-corrected chi connectivity index (χ2v) is 3.38. The van der Waals surface area contributed by atoms with Gasteiger partial charge < -0.3 is 14.9 Å². The fourth-order valence-corrected chi connectivity index (χ4v) is 0.960. The molecule has 0 saturated carbocycles. The van der Waals surface area contributed by atoms with Crippen LogP contribution < -0.4 is 4.74 Å². The van der Waals surface area contributed by atoms with Crippen molar-refractivity contribution in [3.05, 3.63) is 18.2 Å². The van der Waals surface area contributed by atoms with Crippen LogP contribution in [0.25, 0.3) is 0 Å². The lowest BCUT2D eigenvalue weighted by molar-refractivity contribution is -0.138. The fraction of sp³-hybridized carbons (Fsp3) is 0.364. The van der Waals surface area contributed by atoms with Crippen molar-refractivity contribution >= 4 is 5.97 Å². The van der Waals surface area contributed by atoms with E-state index in [2.05, 4.69) is 0 Å². The predicted molar refractivity (Wildman–Crippen MR) is 54.9 cm³/mol. The molecule has 0 heterocycles. The summed E-state index contributed by atoms with van der Waals surface area (Å²) in [5.74, 6) is -0.880. The third-order valence-electron chi connectivity index (χ3n) is 2.17. The fourth-order valence-electron chi connectivity index (χ4n) is 0.960. The van der Waals surface area contributed by atoms with Gasteiger partial charge in [0.05, 0.1) is 5.92 Å². The van der Waals surface area contributed by atoms with Gasteiger partial charge in [-0.15, -0.1) is 0 Å². The zero-order valence-corrected chi connectivity index (χ0v) is 8.73. The van der Waals surface area contributed by atoms with Gasteiger partial charge in [-0.05, 0) is 18.6 Å². The number of phenolic OH excluding ortho intramolecular Hbond substituents is 2. The van der Waals surface area contributed by atoms with Crippen molar-refractivity contribution in [3.8, 4) is 17.2 Å². The molecule has 2 N–H and O–H groups in total. The van der Waals surface area contributed by atoms with Crippen LogP contribution in [0, 0.1) is 5.92 Å². The first kappa shape index (κ1) is 11.4. The molecule has 1 atom stereocenters. The van der Waals surface area contributed by atoms with Gasteiger partial charge in [-0.1, -0.05) is 13.8 Å². The maximum absolute atomic E-state index is 11.4. The molecule has 0 aliphatic rings. The van der Waals surface area contributed by atoms with E-state index >= 15 is 0 Å². The Morgan fingerprint density at radius 2 is 2.13 bits per heavy atom. The van der Waals surface area contributed by atoms with Crippen LogP contribution >= 0.6 is 0 Å². The lowest BCUT2D eigenvalue weighted by Gasteiger charge is -2.10. The predicted octanol–water partition coefficient (Wildman–Crippen LogP) is 2.05. The Morgan fingerprint density at radius 1 is 1.47 bits per heavy atom. The van der Waals surface area contributed by atoms with E-state index in [1.54, 1.807) is 6.92 Å². The normalized spacial score (nSPS) is 12.1. The highest BCUT2D eigenvalue weighted by Gasteiger charge is 2.15. The zero-order chi connectivity index (χ0) is 11.4. The lowest BCUT2D eigenvalue weighted by atomic mass is 10.1. The van der Waals surface area contributed by atoms with Crippen LogP contribution in [0.2, 0.25) is 0 Å². The lowest BCUT2D eigenvalue weighted by Crippen LogP contribution is -2.16. The van der Waals surface area contributed by atoms with Crippen molar-refractivity contribution in [2.24, 2.45) is 5.92 Å². The Bertz CT molecular complexity index is 360. The van der Waals surface area contributed by atoms with E-state index in [9.17, 15) is 9.90 Å². The van der Waals surface area contributed by atoms with E-state index < -0.39 is 5.97 Å². The number of hydrogen-bond donors (Lipinski definition) is 2. The third-order valence-corrected chi connectivity index (χ3v) is 2.17. The zero-order valence-electron chi connectivity index (χ0n) is 8.73. The van der Waals surface area contributed by atoms with Crippen molar-refractivity contribution in [1.29, 1.82) is 0 Å². The minimum Gasteiger partial charge on any atom is -0.508 e. The van der Waals surface area contributed by atoms with Crippen molar-refractivity contribution in [1.82, 2.24) is 0 Å². The largest absolute Gasteiger partial charge is 0.508 e. The first-order chi connectivity index (χ1) is 7.04. The summed E-state index contributed by atoms with van der Waals surface area (Å²) in [4.78, 5) is 11.4. The van der Waals surface area contributed by atoms with E-state index in [0.717, 1.165) is 0 Å². The van der Waals surface area contributed by atoms with Gasteiger partial charge in [-0.2, -0.15) is 0 Å². The van der Waals surface area contributed by atoms with Crippen LogP contribution in [0.4, 0.5) is 0 Å². The van der Waals surface area contributed by atoms with Crippen LogP contribution in [0.5, 0.6) is 17.2 Å². The molecule has 0 saturated heterocycles. The molecular formula is C11H14O4. The molecule has 0 bridgehead atoms. The van der Waals surface area contributed by atoms with Crippen molar-refractivity contribution in [3.63, 3.8) is 0 Å². The monoisotopic (exact) mass is 210 g/mol. The van der Waals surface area contributed by atoms with Gasteiger partial charge in [0.15, 0.2) is 11.5 Å². The highest BCUT2D eigenvalue weighted by molar-refractivity contribution is 5.75. The van der Waals surface area contributed by atoms with E-state index in [4.69, 9.17) is 9.84 Å². The van der Waals surface area contributed by atoms with E-state index in [1.165, 1.54) is 18.2 Å². The minimum absolute atomic E-state index is 0.0136. The van der Waals surface area contributed by atoms with E-state index in [0.29, 0.717) is 6.42 Å². The quantitative estimate of drug-likeness (QED) is 0.455. The first-order valence-electron chi connectivity index (χ1n) is 4.78. The molecule has 0 amide bonds.